The second-order valence-corrected chi connectivity index (χ2v) is 11.9. The van der Waals surface area contributed by atoms with E-state index in [1.807, 2.05) is 17.5 Å². The molecule has 0 spiro atoms. The maximum atomic E-state index is 13.7. The Balaban J connectivity index is 1.47. The first-order chi connectivity index (χ1) is 18.9. The molecule has 4 atom stereocenters. The van der Waals surface area contributed by atoms with Crippen LogP contribution in [0.3, 0.4) is 0 Å². The molecule has 2 heterocycles. The van der Waals surface area contributed by atoms with Gasteiger partial charge in [-0.2, -0.15) is 0 Å². The lowest BCUT2D eigenvalue weighted by Gasteiger charge is -2.42. The van der Waals surface area contributed by atoms with Gasteiger partial charge in [0.25, 0.3) is 0 Å². The Hall–Kier alpha value is -3.51. The van der Waals surface area contributed by atoms with E-state index in [1.165, 1.54) is 16.2 Å². The lowest BCUT2D eigenvalue weighted by Crippen LogP contribution is -2.39. The Morgan fingerprint density at radius 1 is 1.10 bits per heavy atom. The van der Waals surface area contributed by atoms with Gasteiger partial charge in [-0.1, -0.05) is 17.7 Å². The van der Waals surface area contributed by atoms with Crippen LogP contribution in [0.25, 0.3) is 0 Å². The minimum atomic E-state index is -5.00. The van der Waals surface area contributed by atoms with Gasteiger partial charge in [-0.05, 0) is 64.3 Å². The zero-order valence-electron chi connectivity index (χ0n) is 20.4. The SMILES string of the molecule is O=C1C=C(Br)C(=O)C2=C1[C@@H](c1cc(OC(F)(F)F)ccc1O)C1=CC[C@@H]3C(=O)N(Cc4cccs4)C(=O)[C@@H]3[C@@H]1C2. The van der Waals surface area contributed by atoms with Crippen molar-refractivity contribution < 1.29 is 42.2 Å². The van der Waals surface area contributed by atoms with Crippen molar-refractivity contribution in [1.82, 2.24) is 4.90 Å². The highest BCUT2D eigenvalue weighted by molar-refractivity contribution is 9.12. The summed E-state index contributed by atoms with van der Waals surface area (Å²) in [5.41, 5.74) is 0.570. The van der Waals surface area contributed by atoms with Crippen LogP contribution in [0.15, 0.2) is 69.1 Å². The number of carbonyl (C=O) groups is 4. The summed E-state index contributed by atoms with van der Waals surface area (Å²) in [5, 5.41) is 12.6. The lowest BCUT2D eigenvalue weighted by molar-refractivity contribution is -0.274. The van der Waals surface area contributed by atoms with E-state index in [0.29, 0.717) is 5.57 Å². The van der Waals surface area contributed by atoms with Crippen molar-refractivity contribution in [2.75, 3.05) is 0 Å². The number of alkyl halides is 3. The number of allylic oxidation sites excluding steroid dienone is 6. The molecule has 0 radical (unpaired) electrons. The summed E-state index contributed by atoms with van der Waals surface area (Å²) >= 11 is 4.53. The molecule has 2 aromatic rings. The number of Topliss-reactive ketones (excluding diaryl/α,β-unsaturated/α-hetero) is 1. The number of phenols is 1. The van der Waals surface area contributed by atoms with Crippen molar-refractivity contribution in [1.29, 1.82) is 0 Å². The van der Waals surface area contributed by atoms with Gasteiger partial charge in [0.05, 0.1) is 22.9 Å². The van der Waals surface area contributed by atoms with Crippen LogP contribution in [0.1, 0.15) is 29.2 Å². The van der Waals surface area contributed by atoms with Crippen LogP contribution in [-0.2, 0) is 25.7 Å². The molecule has 0 saturated carbocycles. The van der Waals surface area contributed by atoms with Crippen LogP contribution in [-0.4, -0.2) is 39.7 Å². The summed E-state index contributed by atoms with van der Waals surface area (Å²) in [5.74, 6) is -6.08. The van der Waals surface area contributed by atoms with Gasteiger partial charge >= 0.3 is 6.36 Å². The Labute approximate surface area is 237 Å². The number of hydrogen-bond acceptors (Lipinski definition) is 7. The molecule has 3 aliphatic carbocycles. The van der Waals surface area contributed by atoms with Gasteiger partial charge in [0.15, 0.2) is 11.6 Å². The number of imide groups is 1. The van der Waals surface area contributed by atoms with E-state index in [-0.39, 0.29) is 46.5 Å². The third kappa shape index (κ3) is 4.33. The van der Waals surface area contributed by atoms with E-state index >= 15 is 0 Å². The quantitative estimate of drug-likeness (QED) is 0.278. The van der Waals surface area contributed by atoms with Gasteiger partial charge in [-0.3, -0.25) is 24.1 Å². The van der Waals surface area contributed by atoms with Crippen molar-refractivity contribution in [2.45, 2.75) is 31.7 Å². The van der Waals surface area contributed by atoms with E-state index < -0.39 is 59.0 Å². The molecule has 7 nitrogen and oxygen atoms in total. The van der Waals surface area contributed by atoms with Gasteiger partial charge < -0.3 is 9.84 Å². The maximum Gasteiger partial charge on any atom is 0.573 e. The number of phenolic OH excluding ortho intramolecular Hbond substituents is 1. The number of rotatable bonds is 4. The van der Waals surface area contributed by atoms with E-state index in [4.69, 9.17) is 0 Å². The second-order valence-electron chi connectivity index (χ2n) is 10.0. The van der Waals surface area contributed by atoms with Gasteiger partial charge in [0.2, 0.25) is 11.8 Å². The minimum Gasteiger partial charge on any atom is -0.508 e. The number of ketones is 2. The average molecular weight is 634 g/mol. The standard InChI is InChI=1S/C28H19BrF3NO6S/c29-19-10-21(35)24-18(25(19)36)9-16-14(22(24)17-8-12(3-6-20(17)34)39-28(30,31)32)4-5-15-23(16)27(38)33(26(15)37)11-13-2-1-7-40-13/h1-4,6-8,10,15-16,22-23,34H,5,9,11H2/t15-,16+,22+,23-/m0/s1. The molecule has 40 heavy (non-hydrogen) atoms. The summed E-state index contributed by atoms with van der Waals surface area (Å²) in [4.78, 5) is 55.7. The summed E-state index contributed by atoms with van der Waals surface area (Å²) in [6.45, 7) is 0.116. The van der Waals surface area contributed by atoms with Gasteiger partial charge in [0, 0.05) is 33.6 Å². The summed E-state index contributed by atoms with van der Waals surface area (Å²) in [6.07, 6.45) is -2.01. The molecule has 2 amide bonds. The smallest absolute Gasteiger partial charge is 0.508 e. The van der Waals surface area contributed by atoms with Crippen LogP contribution in [0.2, 0.25) is 0 Å². The van der Waals surface area contributed by atoms with Crippen LogP contribution in [0.5, 0.6) is 11.5 Å². The van der Waals surface area contributed by atoms with Crippen molar-refractivity contribution in [3.63, 3.8) is 0 Å². The molecule has 0 bridgehead atoms. The number of halogens is 4. The fraction of sp³-hybridized carbons (Fsp3) is 0.286. The fourth-order valence-electron chi connectivity index (χ4n) is 6.30. The van der Waals surface area contributed by atoms with Gasteiger partial charge in [0.1, 0.15) is 11.5 Å². The van der Waals surface area contributed by atoms with Crippen LogP contribution in [0, 0.1) is 17.8 Å². The molecule has 12 heteroatoms. The van der Waals surface area contributed by atoms with E-state index in [1.54, 1.807) is 6.08 Å². The highest BCUT2D eigenvalue weighted by Gasteiger charge is 2.56. The highest BCUT2D eigenvalue weighted by Crippen LogP contribution is 2.56. The molecule has 1 aliphatic heterocycles. The zero-order valence-corrected chi connectivity index (χ0v) is 22.8. The molecule has 1 aromatic carbocycles. The number of aromatic hydroxyl groups is 1. The number of thiophene rings is 1. The van der Waals surface area contributed by atoms with Crippen molar-refractivity contribution >= 4 is 50.6 Å². The topological polar surface area (TPSA) is 101 Å². The van der Waals surface area contributed by atoms with Crippen LogP contribution >= 0.6 is 27.3 Å². The lowest BCUT2D eigenvalue weighted by atomic mass is 9.59. The third-order valence-corrected chi connectivity index (χ3v) is 9.31. The second kappa shape index (κ2) is 9.55. The molecule has 1 aromatic heterocycles. The number of ether oxygens (including phenoxy) is 1. The van der Waals surface area contributed by atoms with Crippen LogP contribution < -0.4 is 4.74 Å². The van der Waals surface area contributed by atoms with Crippen molar-refractivity contribution in [3.05, 3.63) is 79.5 Å². The third-order valence-electron chi connectivity index (χ3n) is 7.86. The first-order valence-corrected chi connectivity index (χ1v) is 14.0. The summed E-state index contributed by atoms with van der Waals surface area (Å²) in [6, 6.07) is 6.60. The van der Waals surface area contributed by atoms with E-state index in [2.05, 4.69) is 20.7 Å². The molecule has 206 valence electrons. The summed E-state index contributed by atoms with van der Waals surface area (Å²) in [7, 11) is 0. The largest absolute Gasteiger partial charge is 0.573 e. The number of amides is 2. The first kappa shape index (κ1) is 26.7. The number of fused-ring (bicyclic) bond motifs is 3. The molecule has 6 rings (SSSR count). The predicted octanol–water partition coefficient (Wildman–Crippen LogP) is 5.31. The Kier molecular flexibility index (Phi) is 6.37. The van der Waals surface area contributed by atoms with Crippen molar-refractivity contribution in [2.24, 2.45) is 17.8 Å². The summed E-state index contributed by atoms with van der Waals surface area (Å²) < 4.78 is 43.1. The Morgan fingerprint density at radius 3 is 2.58 bits per heavy atom. The number of hydrogen-bond donors (Lipinski definition) is 1. The predicted molar refractivity (Wildman–Crippen MR) is 139 cm³/mol. The molecule has 1 fully saturated rings. The minimum absolute atomic E-state index is 0.00227. The zero-order chi connectivity index (χ0) is 28.5. The molecule has 1 saturated heterocycles. The number of nitrogens with zero attached hydrogens (tertiary/aromatic N) is 1. The van der Waals surface area contributed by atoms with Crippen molar-refractivity contribution in [3.8, 4) is 11.5 Å². The molecular formula is C28H19BrF3NO6S. The normalized spacial score (nSPS) is 26.4. The maximum absolute atomic E-state index is 13.7. The molecule has 4 aliphatic rings. The molecule has 1 N–H and O–H groups in total. The van der Waals surface area contributed by atoms with Crippen LogP contribution in [0.4, 0.5) is 13.2 Å². The monoisotopic (exact) mass is 633 g/mol. The number of benzene rings is 1. The molecule has 0 unspecified atom stereocenters. The Morgan fingerprint density at radius 2 is 1.88 bits per heavy atom. The van der Waals surface area contributed by atoms with E-state index in [9.17, 15) is 37.5 Å². The number of carbonyl (C=O) groups excluding carboxylic acids is 4. The van der Waals surface area contributed by atoms with E-state index in [0.717, 1.165) is 29.2 Å². The van der Waals surface area contributed by atoms with Gasteiger partial charge in [-0.15, -0.1) is 24.5 Å². The number of likely N-dealkylation sites (tertiary alicyclic amines) is 1. The van der Waals surface area contributed by atoms with Gasteiger partial charge in [-0.25, -0.2) is 0 Å². The highest BCUT2D eigenvalue weighted by atomic mass is 79.9. The Bertz CT molecular complexity index is 1570. The average Bonchev–Trinajstić information content (AvgIpc) is 3.49. The molecular weight excluding hydrogens is 615 g/mol. The first-order valence-electron chi connectivity index (χ1n) is 12.3. The fourth-order valence-corrected chi connectivity index (χ4v) is 7.44.